The third-order valence-corrected chi connectivity index (χ3v) is 3.50. The van der Waals surface area contributed by atoms with Crippen LogP contribution >= 0.6 is 0 Å². The molecule has 0 radical (unpaired) electrons. The third-order valence-electron chi connectivity index (χ3n) is 3.50. The van der Waals surface area contributed by atoms with Gasteiger partial charge in [-0.3, -0.25) is 0 Å². The predicted molar refractivity (Wildman–Crippen MR) is 85.7 cm³/mol. The van der Waals surface area contributed by atoms with Gasteiger partial charge in [-0.15, -0.1) is 6.58 Å². The van der Waals surface area contributed by atoms with E-state index in [9.17, 15) is 0 Å². The molecule has 1 aromatic heterocycles. The van der Waals surface area contributed by atoms with E-state index in [0.717, 1.165) is 29.3 Å². The zero-order chi connectivity index (χ0) is 14.7. The summed E-state index contributed by atoms with van der Waals surface area (Å²) >= 11 is 0. The number of hydrogen-bond acceptors (Lipinski definition) is 2. The molecule has 0 saturated heterocycles. The Labute approximate surface area is 121 Å². The Balaban J connectivity index is 2.50. The molecule has 0 atom stereocenters. The van der Waals surface area contributed by atoms with Crippen molar-refractivity contribution in [2.45, 2.75) is 39.7 Å². The van der Waals surface area contributed by atoms with Crippen molar-refractivity contribution in [2.75, 3.05) is 5.73 Å². The summed E-state index contributed by atoms with van der Waals surface area (Å²) in [5.41, 5.74) is 9.55. The number of aryl methyl sites for hydroxylation is 1. The van der Waals surface area contributed by atoms with E-state index in [0.29, 0.717) is 12.5 Å². The molecule has 2 aromatic rings. The Morgan fingerprint density at radius 3 is 2.45 bits per heavy atom. The van der Waals surface area contributed by atoms with Gasteiger partial charge in [0, 0.05) is 18.0 Å². The van der Waals surface area contributed by atoms with Crippen LogP contribution in [-0.2, 0) is 13.0 Å². The maximum Gasteiger partial charge on any atom is 0.132 e. The van der Waals surface area contributed by atoms with E-state index in [1.807, 2.05) is 10.6 Å². The predicted octanol–water partition coefficient (Wildman–Crippen LogP) is 4.00. The molecular weight excluding hydrogens is 246 g/mol. The first-order chi connectivity index (χ1) is 9.58. The molecule has 3 heteroatoms. The van der Waals surface area contributed by atoms with Crippen LogP contribution in [0.2, 0.25) is 0 Å². The Kier molecular flexibility index (Phi) is 4.28. The standard InChI is InChI=1S/C17H23N3/c1-5-11-20-16(18)15(19-17(20)12(3)4)14-9-7-13(6-2)8-10-14/h5,7-10,12H,1,6,11,18H2,2-4H3. The van der Waals surface area contributed by atoms with Crippen LogP contribution in [0.5, 0.6) is 0 Å². The number of nitrogens with zero attached hydrogens (tertiary/aromatic N) is 2. The lowest BCUT2D eigenvalue weighted by molar-refractivity contribution is 0.684. The van der Waals surface area contributed by atoms with E-state index < -0.39 is 0 Å². The van der Waals surface area contributed by atoms with Crippen molar-refractivity contribution in [3.8, 4) is 11.3 Å². The first-order valence-corrected chi connectivity index (χ1v) is 7.14. The van der Waals surface area contributed by atoms with Gasteiger partial charge < -0.3 is 10.3 Å². The molecule has 0 unspecified atom stereocenters. The van der Waals surface area contributed by atoms with Gasteiger partial charge in [0.2, 0.25) is 0 Å². The summed E-state index contributed by atoms with van der Waals surface area (Å²) < 4.78 is 2.04. The summed E-state index contributed by atoms with van der Waals surface area (Å²) in [5, 5.41) is 0. The fourth-order valence-corrected chi connectivity index (χ4v) is 2.36. The number of aromatic nitrogens is 2. The molecule has 2 rings (SSSR count). The molecule has 1 heterocycles. The molecule has 2 N–H and O–H groups in total. The van der Waals surface area contributed by atoms with Gasteiger partial charge in [0.05, 0.1) is 0 Å². The number of imidazole rings is 1. The van der Waals surface area contributed by atoms with Crippen LogP contribution in [0, 0.1) is 0 Å². The van der Waals surface area contributed by atoms with Crippen molar-refractivity contribution in [1.29, 1.82) is 0 Å². The van der Waals surface area contributed by atoms with Crippen molar-refractivity contribution in [3.05, 3.63) is 48.3 Å². The van der Waals surface area contributed by atoms with E-state index in [4.69, 9.17) is 10.7 Å². The minimum Gasteiger partial charge on any atom is -0.383 e. The maximum absolute atomic E-state index is 6.28. The summed E-state index contributed by atoms with van der Waals surface area (Å²) in [4.78, 5) is 4.74. The topological polar surface area (TPSA) is 43.8 Å². The molecule has 0 fully saturated rings. The van der Waals surface area contributed by atoms with E-state index >= 15 is 0 Å². The largest absolute Gasteiger partial charge is 0.383 e. The highest BCUT2D eigenvalue weighted by Crippen LogP contribution is 2.29. The molecule has 1 aromatic carbocycles. The zero-order valence-corrected chi connectivity index (χ0v) is 12.6. The Morgan fingerprint density at radius 1 is 1.30 bits per heavy atom. The first-order valence-electron chi connectivity index (χ1n) is 7.14. The summed E-state index contributed by atoms with van der Waals surface area (Å²) in [6.07, 6.45) is 2.89. The molecule has 0 spiro atoms. The average molecular weight is 269 g/mol. The molecule has 20 heavy (non-hydrogen) atoms. The molecule has 0 saturated carbocycles. The van der Waals surface area contributed by atoms with Crippen LogP contribution in [0.3, 0.4) is 0 Å². The minimum atomic E-state index is 0.334. The van der Waals surface area contributed by atoms with Crippen LogP contribution in [0.1, 0.15) is 38.1 Å². The highest BCUT2D eigenvalue weighted by molar-refractivity contribution is 5.71. The Morgan fingerprint density at radius 2 is 1.95 bits per heavy atom. The van der Waals surface area contributed by atoms with Crippen LogP contribution < -0.4 is 5.73 Å². The molecule has 106 valence electrons. The summed E-state index contributed by atoms with van der Waals surface area (Å²) in [5.74, 6) is 2.07. The van der Waals surface area contributed by atoms with Crippen molar-refractivity contribution >= 4 is 5.82 Å². The van der Waals surface area contributed by atoms with Crippen LogP contribution in [-0.4, -0.2) is 9.55 Å². The lowest BCUT2D eigenvalue weighted by Crippen LogP contribution is -2.07. The van der Waals surface area contributed by atoms with Gasteiger partial charge in [-0.25, -0.2) is 4.98 Å². The zero-order valence-electron chi connectivity index (χ0n) is 12.6. The van der Waals surface area contributed by atoms with Gasteiger partial charge >= 0.3 is 0 Å². The lowest BCUT2D eigenvalue weighted by Gasteiger charge is -2.09. The highest BCUT2D eigenvalue weighted by atomic mass is 15.1. The smallest absolute Gasteiger partial charge is 0.132 e. The number of nitrogens with two attached hydrogens (primary N) is 1. The van der Waals surface area contributed by atoms with Crippen LogP contribution in [0.4, 0.5) is 5.82 Å². The van der Waals surface area contributed by atoms with E-state index in [2.05, 4.69) is 51.6 Å². The molecule has 0 aliphatic heterocycles. The highest BCUT2D eigenvalue weighted by Gasteiger charge is 2.17. The van der Waals surface area contributed by atoms with E-state index in [1.54, 1.807) is 0 Å². The third kappa shape index (κ3) is 2.62. The van der Waals surface area contributed by atoms with Crippen molar-refractivity contribution < 1.29 is 0 Å². The number of nitrogen functional groups attached to an aromatic ring is 1. The number of rotatable bonds is 5. The summed E-state index contributed by atoms with van der Waals surface area (Å²) in [6.45, 7) is 10.9. The second kappa shape index (κ2) is 5.95. The quantitative estimate of drug-likeness (QED) is 0.834. The number of hydrogen-bond donors (Lipinski definition) is 1. The fourth-order valence-electron chi connectivity index (χ4n) is 2.36. The van der Waals surface area contributed by atoms with Gasteiger partial charge in [-0.2, -0.15) is 0 Å². The van der Waals surface area contributed by atoms with Crippen LogP contribution in [0.15, 0.2) is 36.9 Å². The fraction of sp³-hybridized carbons (Fsp3) is 0.353. The Hall–Kier alpha value is -2.03. The number of anilines is 1. The van der Waals surface area contributed by atoms with Crippen molar-refractivity contribution in [1.82, 2.24) is 9.55 Å². The maximum atomic E-state index is 6.28. The molecule has 0 aliphatic carbocycles. The molecular formula is C17H23N3. The lowest BCUT2D eigenvalue weighted by atomic mass is 10.1. The second-order valence-corrected chi connectivity index (χ2v) is 5.31. The summed E-state index contributed by atoms with van der Waals surface area (Å²) in [7, 11) is 0. The van der Waals surface area contributed by atoms with Gasteiger partial charge in [-0.05, 0) is 12.0 Å². The van der Waals surface area contributed by atoms with E-state index in [1.165, 1.54) is 5.56 Å². The van der Waals surface area contributed by atoms with Gasteiger partial charge in [0.25, 0.3) is 0 Å². The van der Waals surface area contributed by atoms with E-state index in [-0.39, 0.29) is 0 Å². The number of allylic oxidation sites excluding steroid dienone is 1. The molecule has 3 nitrogen and oxygen atoms in total. The minimum absolute atomic E-state index is 0.334. The van der Waals surface area contributed by atoms with Crippen molar-refractivity contribution in [3.63, 3.8) is 0 Å². The molecule has 0 amide bonds. The monoisotopic (exact) mass is 269 g/mol. The Bertz CT molecular complexity index is 591. The second-order valence-electron chi connectivity index (χ2n) is 5.31. The first kappa shape index (κ1) is 14.4. The normalized spacial score (nSPS) is 11.0. The van der Waals surface area contributed by atoms with Gasteiger partial charge in [-0.1, -0.05) is 51.1 Å². The van der Waals surface area contributed by atoms with Crippen LogP contribution in [0.25, 0.3) is 11.3 Å². The molecule has 0 bridgehead atoms. The number of benzene rings is 1. The van der Waals surface area contributed by atoms with Gasteiger partial charge in [0.15, 0.2) is 0 Å². The van der Waals surface area contributed by atoms with Gasteiger partial charge in [0.1, 0.15) is 17.3 Å². The summed E-state index contributed by atoms with van der Waals surface area (Å²) in [6, 6.07) is 8.46. The molecule has 0 aliphatic rings. The average Bonchev–Trinajstić information content (AvgIpc) is 2.77. The van der Waals surface area contributed by atoms with Crippen molar-refractivity contribution in [2.24, 2.45) is 0 Å². The SMILES string of the molecule is C=CCn1c(C(C)C)nc(-c2ccc(CC)cc2)c1N.